The molecule has 0 spiro atoms. The number of methoxy groups -OCH3 is 1. The number of carbonyl (C=O) groups is 3. The Balaban J connectivity index is 1.84. The van der Waals surface area contributed by atoms with Crippen molar-refractivity contribution in [1.29, 1.82) is 0 Å². The predicted octanol–water partition coefficient (Wildman–Crippen LogP) is 5.83. The van der Waals surface area contributed by atoms with Crippen LogP contribution < -0.4 is 14.4 Å². The largest absolute Gasteiger partial charge is 0.507 e. The number of rotatable bonds is 11. The molecule has 0 saturated carbocycles. The minimum atomic E-state index is -1.01. The zero-order valence-corrected chi connectivity index (χ0v) is 23.7. The number of aliphatic hydroxyl groups is 1. The van der Waals surface area contributed by atoms with Gasteiger partial charge in [0.15, 0.2) is 5.13 Å². The monoisotopic (exact) mass is 564 g/mol. The normalized spacial score (nSPS) is 16.3. The minimum absolute atomic E-state index is 0.0922. The van der Waals surface area contributed by atoms with E-state index in [1.807, 2.05) is 6.92 Å². The molecule has 40 heavy (non-hydrogen) atoms. The molecule has 1 atom stereocenters. The second-order valence-corrected chi connectivity index (χ2v) is 10.2. The van der Waals surface area contributed by atoms with Crippen LogP contribution in [0.3, 0.4) is 0 Å². The fourth-order valence-corrected chi connectivity index (χ4v) is 5.32. The van der Waals surface area contributed by atoms with Gasteiger partial charge in [-0.25, -0.2) is 9.78 Å². The molecule has 1 amide bonds. The van der Waals surface area contributed by atoms with E-state index < -0.39 is 23.7 Å². The quantitative estimate of drug-likeness (QED) is 0.102. The number of nitrogens with zero attached hydrogens (tertiary/aromatic N) is 2. The smallest absolute Gasteiger partial charge is 0.350 e. The molecule has 4 rings (SSSR count). The van der Waals surface area contributed by atoms with E-state index in [0.717, 1.165) is 30.6 Å². The third-order valence-corrected chi connectivity index (χ3v) is 7.48. The maximum Gasteiger partial charge on any atom is 0.350 e. The van der Waals surface area contributed by atoms with E-state index in [-0.39, 0.29) is 21.3 Å². The molecule has 1 aromatic heterocycles. The summed E-state index contributed by atoms with van der Waals surface area (Å²) in [6.45, 7) is 6.76. The summed E-state index contributed by atoms with van der Waals surface area (Å²) < 4.78 is 16.4. The maximum atomic E-state index is 13.5. The molecular formula is C30H32N2O7S. The standard InChI is InChI=1S/C30H32N2O7S/c1-5-7-16-39-22-10-8-9-20(17-22)24-23(25(33)19-11-13-21(14-12-19)38-15-6-2)26(34)28(35)32(24)30-31-18(3)27(40-30)29(36)37-4/h8-14,17,24,33H,5-7,15-16H2,1-4H3. The molecule has 0 bridgehead atoms. The Morgan fingerprint density at radius 3 is 2.42 bits per heavy atom. The molecule has 1 unspecified atom stereocenters. The lowest BCUT2D eigenvalue weighted by molar-refractivity contribution is -0.132. The van der Waals surface area contributed by atoms with E-state index in [9.17, 15) is 19.5 Å². The first-order valence-electron chi connectivity index (χ1n) is 13.1. The van der Waals surface area contributed by atoms with Crippen LogP contribution in [0, 0.1) is 6.92 Å². The number of thiazole rings is 1. The molecule has 1 saturated heterocycles. The highest BCUT2D eigenvalue weighted by Gasteiger charge is 2.48. The summed E-state index contributed by atoms with van der Waals surface area (Å²) in [4.78, 5) is 45.1. The Kier molecular flexibility index (Phi) is 9.21. The number of hydrogen-bond acceptors (Lipinski definition) is 9. The van der Waals surface area contributed by atoms with Crippen LogP contribution in [0.2, 0.25) is 0 Å². The van der Waals surface area contributed by atoms with Gasteiger partial charge in [0, 0.05) is 5.56 Å². The van der Waals surface area contributed by atoms with Crippen LogP contribution in [0.15, 0.2) is 54.1 Å². The van der Waals surface area contributed by atoms with Crippen molar-refractivity contribution in [2.45, 2.75) is 46.1 Å². The summed E-state index contributed by atoms with van der Waals surface area (Å²) in [5, 5.41) is 11.6. The second kappa shape index (κ2) is 12.8. The van der Waals surface area contributed by atoms with E-state index in [1.54, 1.807) is 55.5 Å². The molecule has 3 aromatic rings. The first-order valence-corrected chi connectivity index (χ1v) is 13.9. The van der Waals surface area contributed by atoms with Crippen molar-refractivity contribution >= 4 is 39.9 Å². The van der Waals surface area contributed by atoms with Gasteiger partial charge in [-0.3, -0.25) is 14.5 Å². The van der Waals surface area contributed by atoms with E-state index in [4.69, 9.17) is 14.2 Å². The summed E-state index contributed by atoms with van der Waals surface area (Å²) in [6, 6.07) is 12.7. The average Bonchev–Trinajstić information content (AvgIpc) is 3.48. The van der Waals surface area contributed by atoms with Crippen molar-refractivity contribution < 1.29 is 33.7 Å². The topological polar surface area (TPSA) is 115 Å². The summed E-state index contributed by atoms with van der Waals surface area (Å²) in [5.41, 5.74) is 1.18. The lowest BCUT2D eigenvalue weighted by Crippen LogP contribution is -2.29. The van der Waals surface area contributed by atoms with Crippen molar-refractivity contribution in [3.63, 3.8) is 0 Å². The number of ether oxygens (including phenoxy) is 3. The van der Waals surface area contributed by atoms with Crippen LogP contribution in [0.5, 0.6) is 11.5 Å². The van der Waals surface area contributed by atoms with Gasteiger partial charge in [-0.1, -0.05) is 43.7 Å². The third-order valence-electron chi connectivity index (χ3n) is 6.35. The number of ketones is 1. The third kappa shape index (κ3) is 5.86. The number of anilines is 1. The van der Waals surface area contributed by atoms with Gasteiger partial charge in [-0.15, -0.1) is 0 Å². The van der Waals surface area contributed by atoms with Gasteiger partial charge in [0.05, 0.1) is 37.6 Å². The number of esters is 1. The Bertz CT molecular complexity index is 1430. The van der Waals surface area contributed by atoms with Crippen LogP contribution >= 0.6 is 11.3 Å². The molecule has 1 N–H and O–H groups in total. The molecule has 0 radical (unpaired) electrons. The Morgan fingerprint density at radius 2 is 1.75 bits per heavy atom. The number of aliphatic hydroxyl groups excluding tert-OH is 1. The second-order valence-electron chi connectivity index (χ2n) is 9.22. The van der Waals surface area contributed by atoms with Crippen LogP contribution in [-0.4, -0.2) is 48.1 Å². The molecule has 1 aliphatic rings. The van der Waals surface area contributed by atoms with Crippen molar-refractivity contribution in [1.82, 2.24) is 4.98 Å². The van der Waals surface area contributed by atoms with Crippen molar-refractivity contribution in [3.8, 4) is 11.5 Å². The van der Waals surface area contributed by atoms with E-state index in [0.29, 0.717) is 41.5 Å². The van der Waals surface area contributed by atoms with Crippen LogP contribution in [0.4, 0.5) is 5.13 Å². The fourth-order valence-electron chi connectivity index (χ4n) is 4.31. The molecule has 9 nitrogen and oxygen atoms in total. The highest BCUT2D eigenvalue weighted by molar-refractivity contribution is 7.17. The number of carbonyl (C=O) groups excluding carboxylic acids is 3. The molecular weight excluding hydrogens is 532 g/mol. The van der Waals surface area contributed by atoms with Gasteiger partial charge in [0.1, 0.15) is 22.1 Å². The van der Waals surface area contributed by atoms with Crippen LogP contribution in [0.1, 0.15) is 65.6 Å². The summed E-state index contributed by atoms with van der Waals surface area (Å²) >= 11 is 0.949. The Labute approximate surface area is 237 Å². The highest BCUT2D eigenvalue weighted by Crippen LogP contribution is 2.44. The zero-order valence-electron chi connectivity index (χ0n) is 22.9. The molecule has 0 aliphatic carbocycles. The number of aromatic nitrogens is 1. The molecule has 2 aromatic carbocycles. The number of hydrogen-bond donors (Lipinski definition) is 1. The number of aryl methyl sites for hydroxylation is 1. The zero-order chi connectivity index (χ0) is 28.8. The molecule has 1 aliphatic heterocycles. The van der Waals surface area contributed by atoms with Crippen molar-refractivity contribution in [2.24, 2.45) is 0 Å². The van der Waals surface area contributed by atoms with Crippen molar-refractivity contribution in [3.05, 3.63) is 75.8 Å². The number of amides is 1. The van der Waals surface area contributed by atoms with Gasteiger partial charge in [-0.2, -0.15) is 0 Å². The average molecular weight is 565 g/mol. The number of benzene rings is 2. The lowest BCUT2D eigenvalue weighted by Gasteiger charge is -2.23. The lowest BCUT2D eigenvalue weighted by atomic mass is 9.95. The minimum Gasteiger partial charge on any atom is -0.507 e. The van der Waals surface area contributed by atoms with Gasteiger partial charge in [-0.05, 0) is 61.7 Å². The summed E-state index contributed by atoms with van der Waals surface area (Å²) in [7, 11) is 1.26. The number of Topliss-reactive ketones (excluding diaryl/α,β-unsaturated/α-hetero) is 1. The molecule has 210 valence electrons. The van der Waals surface area contributed by atoms with Gasteiger partial charge >= 0.3 is 11.9 Å². The van der Waals surface area contributed by atoms with Crippen LogP contribution in [-0.2, 0) is 14.3 Å². The SMILES string of the molecule is CCCCOc1cccc(C2C(=C(O)c3ccc(OCCC)cc3)C(=O)C(=O)N2c2nc(C)c(C(=O)OC)s2)c1. The summed E-state index contributed by atoms with van der Waals surface area (Å²) in [6.07, 6.45) is 2.68. The van der Waals surface area contributed by atoms with Gasteiger partial charge in [0.25, 0.3) is 5.78 Å². The van der Waals surface area contributed by atoms with Gasteiger partial charge in [0.2, 0.25) is 0 Å². The maximum absolute atomic E-state index is 13.5. The summed E-state index contributed by atoms with van der Waals surface area (Å²) in [5.74, 6) is -1.45. The van der Waals surface area contributed by atoms with E-state index in [1.165, 1.54) is 12.0 Å². The number of unbranched alkanes of at least 4 members (excludes halogenated alkanes) is 1. The first-order chi connectivity index (χ1) is 19.3. The first kappa shape index (κ1) is 28.8. The Morgan fingerprint density at radius 1 is 1.02 bits per heavy atom. The van der Waals surface area contributed by atoms with Gasteiger partial charge < -0.3 is 19.3 Å². The van der Waals surface area contributed by atoms with Crippen LogP contribution in [0.25, 0.3) is 5.76 Å². The fraction of sp³-hybridized carbons (Fsp3) is 0.333. The Hall–Kier alpha value is -4.18. The molecule has 1 fully saturated rings. The predicted molar refractivity (Wildman–Crippen MR) is 152 cm³/mol. The highest BCUT2D eigenvalue weighted by atomic mass is 32.1. The molecule has 2 heterocycles. The van der Waals surface area contributed by atoms with E-state index in [2.05, 4.69) is 11.9 Å². The van der Waals surface area contributed by atoms with Crippen molar-refractivity contribution in [2.75, 3.05) is 25.2 Å². The van der Waals surface area contributed by atoms with E-state index >= 15 is 0 Å². The molecule has 10 heteroatoms.